The molecular formula is C19H19N3OS. The molecule has 5 heteroatoms. The molecule has 0 atom stereocenters. The van der Waals surface area contributed by atoms with Crippen LogP contribution < -0.4 is 5.32 Å². The third kappa shape index (κ3) is 3.57. The second kappa shape index (κ2) is 7.01. The number of aryl methyl sites for hydroxylation is 3. The number of para-hydroxylation sites is 3. The van der Waals surface area contributed by atoms with Crippen molar-refractivity contribution in [3.63, 3.8) is 0 Å². The molecule has 122 valence electrons. The molecule has 24 heavy (non-hydrogen) atoms. The number of hydrogen-bond donors (Lipinski definition) is 1. The maximum Gasteiger partial charge on any atom is 0.234 e. The summed E-state index contributed by atoms with van der Waals surface area (Å²) in [6.07, 6.45) is 0. The van der Waals surface area contributed by atoms with Gasteiger partial charge in [0.25, 0.3) is 0 Å². The van der Waals surface area contributed by atoms with E-state index in [1.807, 2.05) is 63.2 Å². The van der Waals surface area contributed by atoms with Crippen molar-refractivity contribution in [1.29, 1.82) is 0 Å². The van der Waals surface area contributed by atoms with Crippen LogP contribution >= 0.6 is 11.8 Å². The van der Waals surface area contributed by atoms with E-state index in [0.717, 1.165) is 38.6 Å². The number of anilines is 1. The van der Waals surface area contributed by atoms with Gasteiger partial charge in [0.05, 0.1) is 22.5 Å². The summed E-state index contributed by atoms with van der Waals surface area (Å²) < 4.78 is 0. The van der Waals surface area contributed by atoms with E-state index in [4.69, 9.17) is 0 Å². The standard InChI is InChI=1S/C19H19N3OS/c1-12-7-6-8-13(2)18(12)22-17(23)11-24-19-14(3)20-15-9-4-5-10-16(15)21-19/h4-10H,11H2,1-3H3,(H,22,23). The summed E-state index contributed by atoms with van der Waals surface area (Å²) in [4.78, 5) is 21.4. The van der Waals surface area contributed by atoms with Gasteiger partial charge in [-0.1, -0.05) is 42.1 Å². The number of nitrogens with zero attached hydrogens (tertiary/aromatic N) is 2. The van der Waals surface area contributed by atoms with Gasteiger partial charge in [-0.15, -0.1) is 0 Å². The van der Waals surface area contributed by atoms with Crippen LogP contribution in [0.5, 0.6) is 0 Å². The number of carbonyl (C=O) groups excluding carboxylic acids is 1. The van der Waals surface area contributed by atoms with Crippen molar-refractivity contribution in [2.24, 2.45) is 0 Å². The van der Waals surface area contributed by atoms with Crippen molar-refractivity contribution in [3.05, 3.63) is 59.3 Å². The van der Waals surface area contributed by atoms with Crippen molar-refractivity contribution < 1.29 is 4.79 Å². The van der Waals surface area contributed by atoms with Crippen LogP contribution in [0.3, 0.4) is 0 Å². The van der Waals surface area contributed by atoms with E-state index in [2.05, 4.69) is 15.3 Å². The number of amides is 1. The van der Waals surface area contributed by atoms with E-state index in [1.165, 1.54) is 11.8 Å². The highest BCUT2D eigenvalue weighted by atomic mass is 32.2. The molecule has 0 aliphatic rings. The van der Waals surface area contributed by atoms with E-state index in [1.54, 1.807) is 0 Å². The Morgan fingerprint density at radius 2 is 1.58 bits per heavy atom. The normalized spacial score (nSPS) is 10.8. The zero-order valence-electron chi connectivity index (χ0n) is 14.0. The summed E-state index contributed by atoms with van der Waals surface area (Å²) in [5.74, 6) is 0.272. The van der Waals surface area contributed by atoms with Crippen molar-refractivity contribution in [3.8, 4) is 0 Å². The minimum absolute atomic E-state index is 0.0354. The third-order valence-corrected chi connectivity index (χ3v) is 4.85. The lowest BCUT2D eigenvalue weighted by Crippen LogP contribution is -2.16. The monoisotopic (exact) mass is 337 g/mol. The van der Waals surface area contributed by atoms with Gasteiger partial charge >= 0.3 is 0 Å². The van der Waals surface area contributed by atoms with Gasteiger partial charge in [0, 0.05) is 5.69 Å². The molecule has 4 nitrogen and oxygen atoms in total. The average molecular weight is 337 g/mol. The molecule has 0 saturated heterocycles. The minimum Gasteiger partial charge on any atom is -0.325 e. The van der Waals surface area contributed by atoms with Crippen LogP contribution in [0.1, 0.15) is 16.8 Å². The largest absolute Gasteiger partial charge is 0.325 e. The van der Waals surface area contributed by atoms with Crippen LogP contribution in [0.4, 0.5) is 5.69 Å². The van der Waals surface area contributed by atoms with E-state index in [-0.39, 0.29) is 5.91 Å². The molecule has 0 aliphatic heterocycles. The molecule has 0 aliphatic carbocycles. The summed E-state index contributed by atoms with van der Waals surface area (Å²) in [6, 6.07) is 13.7. The zero-order valence-corrected chi connectivity index (χ0v) is 14.8. The van der Waals surface area contributed by atoms with Crippen LogP contribution in [0.15, 0.2) is 47.5 Å². The lowest BCUT2D eigenvalue weighted by Gasteiger charge is -2.11. The van der Waals surface area contributed by atoms with Gasteiger partial charge < -0.3 is 5.32 Å². The number of aromatic nitrogens is 2. The molecule has 1 heterocycles. The van der Waals surface area contributed by atoms with Crippen molar-refractivity contribution >= 4 is 34.4 Å². The molecule has 0 fully saturated rings. The Balaban J connectivity index is 1.71. The van der Waals surface area contributed by atoms with E-state index in [9.17, 15) is 4.79 Å². The Hall–Kier alpha value is -2.40. The van der Waals surface area contributed by atoms with Crippen molar-refractivity contribution in [2.75, 3.05) is 11.1 Å². The molecule has 1 amide bonds. The molecule has 3 rings (SSSR count). The van der Waals surface area contributed by atoms with Crippen molar-refractivity contribution in [2.45, 2.75) is 25.8 Å². The number of fused-ring (bicyclic) bond motifs is 1. The van der Waals surface area contributed by atoms with Crippen LogP contribution in [-0.4, -0.2) is 21.6 Å². The van der Waals surface area contributed by atoms with E-state index in [0.29, 0.717) is 5.75 Å². The molecule has 3 aromatic rings. The molecule has 2 aromatic carbocycles. The highest BCUT2D eigenvalue weighted by Crippen LogP contribution is 2.23. The van der Waals surface area contributed by atoms with Gasteiger partial charge in [-0.05, 0) is 44.0 Å². The number of nitrogens with one attached hydrogen (secondary N) is 1. The fourth-order valence-electron chi connectivity index (χ4n) is 2.53. The quantitative estimate of drug-likeness (QED) is 0.722. The summed E-state index contributed by atoms with van der Waals surface area (Å²) in [6.45, 7) is 5.91. The topological polar surface area (TPSA) is 54.9 Å². The highest BCUT2D eigenvalue weighted by molar-refractivity contribution is 8.00. The second-order valence-electron chi connectivity index (χ2n) is 5.71. The second-order valence-corrected chi connectivity index (χ2v) is 6.67. The SMILES string of the molecule is Cc1cccc(C)c1NC(=O)CSc1nc2ccccc2nc1C. The molecule has 0 bridgehead atoms. The lowest BCUT2D eigenvalue weighted by molar-refractivity contribution is -0.113. The highest BCUT2D eigenvalue weighted by Gasteiger charge is 2.11. The van der Waals surface area contributed by atoms with E-state index < -0.39 is 0 Å². The van der Waals surface area contributed by atoms with Crippen LogP contribution in [0, 0.1) is 20.8 Å². The predicted molar refractivity (Wildman–Crippen MR) is 99.5 cm³/mol. The Morgan fingerprint density at radius 1 is 0.958 bits per heavy atom. The van der Waals surface area contributed by atoms with Gasteiger partial charge in [-0.25, -0.2) is 9.97 Å². The molecule has 0 unspecified atom stereocenters. The minimum atomic E-state index is -0.0354. The number of hydrogen-bond acceptors (Lipinski definition) is 4. The van der Waals surface area contributed by atoms with Gasteiger partial charge in [-0.2, -0.15) is 0 Å². The molecule has 1 N–H and O–H groups in total. The first-order valence-electron chi connectivity index (χ1n) is 7.77. The fourth-order valence-corrected chi connectivity index (χ4v) is 3.29. The predicted octanol–water partition coefficient (Wildman–Crippen LogP) is 4.29. The summed E-state index contributed by atoms with van der Waals surface area (Å²) in [7, 11) is 0. The van der Waals surface area contributed by atoms with Gasteiger partial charge in [-0.3, -0.25) is 4.79 Å². The van der Waals surface area contributed by atoms with Gasteiger partial charge in [0.2, 0.25) is 5.91 Å². The van der Waals surface area contributed by atoms with Gasteiger partial charge in [0.1, 0.15) is 5.03 Å². The summed E-state index contributed by atoms with van der Waals surface area (Å²) in [5.41, 5.74) is 5.59. The number of benzene rings is 2. The summed E-state index contributed by atoms with van der Waals surface area (Å²) >= 11 is 1.42. The molecule has 1 aromatic heterocycles. The molecule has 0 spiro atoms. The Kier molecular flexibility index (Phi) is 4.81. The van der Waals surface area contributed by atoms with Gasteiger partial charge in [0.15, 0.2) is 0 Å². The van der Waals surface area contributed by atoms with E-state index >= 15 is 0 Å². The lowest BCUT2D eigenvalue weighted by atomic mass is 10.1. The molecular weight excluding hydrogens is 318 g/mol. The smallest absolute Gasteiger partial charge is 0.234 e. The number of thioether (sulfide) groups is 1. The Bertz CT molecular complexity index is 888. The first-order chi connectivity index (χ1) is 11.5. The van der Waals surface area contributed by atoms with Crippen LogP contribution in [-0.2, 0) is 4.79 Å². The fraction of sp³-hybridized carbons (Fsp3) is 0.211. The average Bonchev–Trinajstić information content (AvgIpc) is 2.56. The van der Waals surface area contributed by atoms with Crippen LogP contribution in [0.2, 0.25) is 0 Å². The maximum absolute atomic E-state index is 12.3. The summed E-state index contributed by atoms with van der Waals surface area (Å²) in [5, 5.41) is 3.79. The van der Waals surface area contributed by atoms with Crippen LogP contribution in [0.25, 0.3) is 11.0 Å². The third-order valence-electron chi connectivity index (χ3n) is 3.79. The number of carbonyl (C=O) groups is 1. The molecule has 0 radical (unpaired) electrons. The molecule has 0 saturated carbocycles. The Labute approximate surface area is 145 Å². The van der Waals surface area contributed by atoms with Crippen molar-refractivity contribution in [1.82, 2.24) is 9.97 Å². The zero-order chi connectivity index (χ0) is 17.1. The first-order valence-corrected chi connectivity index (χ1v) is 8.75. The Morgan fingerprint density at radius 3 is 2.25 bits per heavy atom. The first kappa shape index (κ1) is 16.5. The maximum atomic E-state index is 12.3. The number of rotatable bonds is 4.